The molecule has 0 unspecified atom stereocenters. The van der Waals surface area contributed by atoms with Crippen LogP contribution in [0.2, 0.25) is 0 Å². The Kier molecular flexibility index (Phi) is 12.4. The van der Waals surface area contributed by atoms with E-state index in [-0.39, 0.29) is 21.2 Å². The molecule has 8 heteroatoms. The minimum atomic E-state index is -2.21. The van der Waals surface area contributed by atoms with Crippen LogP contribution in [0.25, 0.3) is 44.5 Å². The summed E-state index contributed by atoms with van der Waals surface area (Å²) < 4.78 is 27.5. The molecule has 64 heavy (non-hydrogen) atoms. The van der Waals surface area contributed by atoms with E-state index in [4.69, 9.17) is 14.2 Å². The molecular weight excluding hydrogens is 1130 g/mol. The SMILES string of the molecule is COc1ccc(-c2cc(C)cc(I3c4ccccc4-c4ccccc43)c2O)c(OCCCOc2cc(C[I-]C)ccc2-c2cc(C)cc(I3c4ccccc4-c4ccccc43)c2O)c1. The van der Waals surface area contributed by atoms with E-state index in [9.17, 15) is 10.2 Å². The predicted octanol–water partition coefficient (Wildman–Crippen LogP) is 10.9. The first-order chi connectivity index (χ1) is 31.3. The van der Waals surface area contributed by atoms with Crippen molar-refractivity contribution in [3.05, 3.63) is 196 Å². The van der Waals surface area contributed by atoms with Crippen LogP contribution in [-0.2, 0) is 4.43 Å². The van der Waals surface area contributed by atoms with Crippen LogP contribution in [0, 0.1) is 35.3 Å². The number of hydrogen-bond donors (Lipinski definition) is 2. The van der Waals surface area contributed by atoms with Crippen molar-refractivity contribution in [1.29, 1.82) is 0 Å². The van der Waals surface area contributed by atoms with Crippen molar-refractivity contribution < 1.29 is 45.6 Å². The molecule has 2 aliphatic heterocycles. The monoisotopic (exact) mass is 1180 g/mol. The summed E-state index contributed by atoms with van der Waals surface area (Å²) in [5.74, 6) is 2.77. The minimum absolute atomic E-state index is 0.0268. The van der Waals surface area contributed by atoms with Crippen molar-refractivity contribution in [1.82, 2.24) is 0 Å². The van der Waals surface area contributed by atoms with Crippen LogP contribution in [0.15, 0.2) is 158 Å². The molecule has 0 saturated carbocycles. The standard InChI is InChI=1S/C56H48I3O5/c1-35-28-45(55(60)51(30-35)58-47-18-9-5-14-39(47)40-15-6-10-19-48(40)58)43-24-22-37(34-57-3)32-53(43)63-26-13-27-64-54-33-38(62-4)23-25-44(54)46-29-36(2)31-52(56(46)61)59-49-20-11-7-16-41(49)42-17-8-12-21-50(42)59/h5-12,14-25,28-33,60-61H,13,26-27,34H2,1-4H3/q-1. The number of halogens is 3. The molecule has 0 aromatic heterocycles. The number of aromatic hydroxyl groups is 2. The third-order valence-corrected chi connectivity index (χ3v) is 25.6. The van der Waals surface area contributed by atoms with Gasteiger partial charge in [0, 0.05) is 0 Å². The van der Waals surface area contributed by atoms with Gasteiger partial charge in [-0.2, -0.15) is 0 Å². The van der Waals surface area contributed by atoms with Gasteiger partial charge >= 0.3 is 404 Å². The molecule has 0 amide bonds. The second-order valence-corrected chi connectivity index (χ2v) is 28.4. The Labute approximate surface area is 400 Å². The third-order valence-electron chi connectivity index (χ3n) is 11.6. The van der Waals surface area contributed by atoms with Crippen LogP contribution >= 0.6 is 39.6 Å². The molecule has 5 nitrogen and oxygen atoms in total. The average Bonchev–Trinajstić information content (AvgIpc) is 3.83. The predicted molar refractivity (Wildman–Crippen MR) is 272 cm³/mol. The van der Waals surface area contributed by atoms with Crippen molar-refractivity contribution in [2.45, 2.75) is 24.7 Å². The second-order valence-electron chi connectivity index (χ2n) is 15.9. The van der Waals surface area contributed by atoms with Crippen LogP contribution in [-0.4, -0.2) is 35.5 Å². The molecule has 8 aromatic rings. The fraction of sp³-hybridized carbons (Fsp3) is 0.143. The number of alkyl halides is 2. The van der Waals surface area contributed by atoms with Gasteiger partial charge in [-0.15, -0.1) is 0 Å². The van der Waals surface area contributed by atoms with Gasteiger partial charge in [-0.1, -0.05) is 0 Å². The number of ether oxygens (including phenoxy) is 3. The van der Waals surface area contributed by atoms with Gasteiger partial charge in [0.2, 0.25) is 0 Å². The van der Waals surface area contributed by atoms with E-state index in [0.717, 1.165) is 50.7 Å². The Bertz CT molecular complexity index is 2980. The molecular formula is C56H48I3O5-. The van der Waals surface area contributed by atoms with Gasteiger partial charge < -0.3 is 0 Å². The van der Waals surface area contributed by atoms with Gasteiger partial charge in [-0.25, -0.2) is 0 Å². The van der Waals surface area contributed by atoms with Crippen molar-refractivity contribution in [2.24, 2.45) is 0 Å². The average molecular weight is 1180 g/mol. The molecule has 0 atom stereocenters. The summed E-state index contributed by atoms with van der Waals surface area (Å²) >= 11 is -4.37. The van der Waals surface area contributed by atoms with Gasteiger partial charge in [0.05, 0.1) is 0 Å². The number of phenols is 2. The summed E-state index contributed by atoms with van der Waals surface area (Å²) in [6.45, 7) is 5.04. The Morgan fingerprint density at radius 2 is 0.875 bits per heavy atom. The zero-order valence-electron chi connectivity index (χ0n) is 36.1. The molecule has 10 rings (SSSR count). The number of rotatable bonds is 13. The van der Waals surface area contributed by atoms with E-state index in [0.29, 0.717) is 42.6 Å². The zero-order chi connectivity index (χ0) is 43.9. The summed E-state index contributed by atoms with van der Waals surface area (Å²) in [6.07, 6.45) is 0.615. The first-order valence-electron chi connectivity index (χ1n) is 21.3. The first kappa shape index (κ1) is 42.9. The fourth-order valence-corrected chi connectivity index (χ4v) is 23.5. The van der Waals surface area contributed by atoms with Crippen LogP contribution in [0.1, 0.15) is 23.1 Å². The van der Waals surface area contributed by atoms with E-state index in [1.165, 1.54) is 42.1 Å². The molecule has 0 aliphatic carbocycles. The van der Waals surface area contributed by atoms with Crippen molar-refractivity contribution in [3.63, 3.8) is 0 Å². The third kappa shape index (κ3) is 7.93. The molecule has 2 N–H and O–H groups in total. The molecule has 2 aliphatic rings. The molecule has 324 valence electrons. The first-order valence-corrected chi connectivity index (χ1v) is 31.4. The second kappa shape index (κ2) is 18.4. The molecule has 0 radical (unpaired) electrons. The van der Waals surface area contributed by atoms with Crippen molar-refractivity contribution in [3.8, 4) is 73.3 Å². The van der Waals surface area contributed by atoms with E-state index >= 15 is 0 Å². The van der Waals surface area contributed by atoms with E-state index in [1.54, 1.807) is 7.11 Å². The summed E-state index contributed by atoms with van der Waals surface area (Å²) in [5, 5.41) is 24.6. The quantitative estimate of drug-likeness (QED) is 0.0684. The molecule has 0 bridgehead atoms. The van der Waals surface area contributed by atoms with Gasteiger partial charge in [-0.3, -0.25) is 0 Å². The fourth-order valence-electron chi connectivity index (χ4n) is 8.74. The van der Waals surface area contributed by atoms with Gasteiger partial charge in [0.15, 0.2) is 0 Å². The maximum absolute atomic E-state index is 12.3. The number of fused-ring (bicyclic) bond motifs is 6. The van der Waals surface area contributed by atoms with Crippen molar-refractivity contribution in [2.75, 3.05) is 25.3 Å². The molecule has 0 spiro atoms. The molecule has 0 fully saturated rings. The number of aryl methyl sites for hydroxylation is 2. The Balaban J connectivity index is 0.922. The summed E-state index contributed by atoms with van der Waals surface area (Å²) in [6, 6.07) is 55.7. The topological polar surface area (TPSA) is 68.2 Å². The van der Waals surface area contributed by atoms with Gasteiger partial charge in [0.25, 0.3) is 0 Å². The number of benzene rings is 8. The molecule has 0 saturated heterocycles. The Hall–Kier alpha value is -5.05. The summed E-state index contributed by atoms with van der Waals surface area (Å²) in [5.41, 5.74) is 11.9. The number of methoxy groups -OCH3 is 1. The van der Waals surface area contributed by atoms with E-state index < -0.39 is 39.6 Å². The van der Waals surface area contributed by atoms with Crippen LogP contribution in [0.5, 0.6) is 28.7 Å². The van der Waals surface area contributed by atoms with E-state index in [1.807, 2.05) is 18.2 Å². The summed E-state index contributed by atoms with van der Waals surface area (Å²) in [4.78, 5) is 2.30. The normalized spacial score (nSPS) is 13.3. The Morgan fingerprint density at radius 1 is 0.453 bits per heavy atom. The Morgan fingerprint density at radius 3 is 1.31 bits per heavy atom. The van der Waals surface area contributed by atoms with Crippen LogP contribution < -0.4 is 35.4 Å². The zero-order valence-corrected chi connectivity index (χ0v) is 42.6. The summed E-state index contributed by atoms with van der Waals surface area (Å²) in [7, 11) is 1.66. The number of phenolic OH excluding ortho intramolecular Hbond substituents is 2. The van der Waals surface area contributed by atoms with Crippen LogP contribution in [0.3, 0.4) is 0 Å². The van der Waals surface area contributed by atoms with Gasteiger partial charge in [0.1, 0.15) is 0 Å². The number of hydrogen-bond acceptors (Lipinski definition) is 5. The maximum atomic E-state index is 12.3. The molecule has 8 aromatic carbocycles. The van der Waals surface area contributed by atoms with Gasteiger partial charge in [-0.05, 0) is 0 Å². The van der Waals surface area contributed by atoms with Crippen molar-refractivity contribution >= 4 is 39.6 Å². The van der Waals surface area contributed by atoms with Crippen LogP contribution in [0.4, 0.5) is 0 Å². The molecule has 2 heterocycles. The van der Waals surface area contributed by atoms with E-state index in [2.05, 4.69) is 158 Å².